The maximum Gasteiger partial charge on any atom is 0.126 e. The molecule has 0 fully saturated rings. The van der Waals surface area contributed by atoms with Crippen molar-refractivity contribution >= 4 is 0 Å². The lowest BCUT2D eigenvalue weighted by atomic mass is 9.94. The summed E-state index contributed by atoms with van der Waals surface area (Å²) in [6.07, 6.45) is -0.277. The van der Waals surface area contributed by atoms with E-state index in [1.54, 1.807) is 19.1 Å². The molecular formula is C16H18FNO. The monoisotopic (exact) mass is 259 g/mol. The Balaban J connectivity index is 2.15. The topological polar surface area (TPSA) is 46.2 Å². The molecular weight excluding hydrogens is 241 g/mol. The number of aliphatic hydroxyl groups is 1. The number of hydrogen-bond donors (Lipinski definition) is 2. The third kappa shape index (κ3) is 3.19. The molecule has 0 aliphatic carbocycles. The van der Waals surface area contributed by atoms with Gasteiger partial charge in [0.1, 0.15) is 5.82 Å². The van der Waals surface area contributed by atoms with E-state index < -0.39 is 12.1 Å². The highest BCUT2D eigenvalue weighted by Gasteiger charge is 2.20. The number of halogens is 1. The second-order valence-corrected chi connectivity index (χ2v) is 4.74. The lowest BCUT2D eigenvalue weighted by molar-refractivity contribution is 0.144. The molecule has 0 heterocycles. The van der Waals surface area contributed by atoms with Crippen molar-refractivity contribution in [1.29, 1.82) is 0 Å². The zero-order valence-electron chi connectivity index (χ0n) is 10.9. The van der Waals surface area contributed by atoms with E-state index >= 15 is 0 Å². The number of nitrogens with two attached hydrogens (primary N) is 1. The fraction of sp³-hybridized carbons (Fsp3) is 0.250. The minimum absolute atomic E-state index is 0.292. The fourth-order valence-corrected chi connectivity index (χ4v) is 2.18. The van der Waals surface area contributed by atoms with Crippen LogP contribution < -0.4 is 5.73 Å². The third-order valence-corrected chi connectivity index (χ3v) is 3.37. The zero-order valence-corrected chi connectivity index (χ0v) is 10.9. The van der Waals surface area contributed by atoms with Crippen molar-refractivity contribution in [3.8, 4) is 0 Å². The van der Waals surface area contributed by atoms with Crippen LogP contribution in [0.5, 0.6) is 0 Å². The van der Waals surface area contributed by atoms with Gasteiger partial charge in [0.2, 0.25) is 0 Å². The molecule has 2 aromatic carbocycles. The first kappa shape index (κ1) is 13.7. The average Bonchev–Trinajstić information content (AvgIpc) is 2.42. The number of hydrogen-bond acceptors (Lipinski definition) is 2. The minimum Gasteiger partial charge on any atom is -0.391 e. The molecule has 0 aliphatic heterocycles. The highest BCUT2D eigenvalue weighted by molar-refractivity contribution is 5.31. The fourth-order valence-electron chi connectivity index (χ4n) is 2.18. The summed E-state index contributed by atoms with van der Waals surface area (Å²) < 4.78 is 13.5. The van der Waals surface area contributed by atoms with Crippen LogP contribution in [0.1, 0.15) is 22.7 Å². The van der Waals surface area contributed by atoms with Gasteiger partial charge in [-0.25, -0.2) is 4.39 Å². The molecule has 2 rings (SSSR count). The van der Waals surface area contributed by atoms with Crippen molar-refractivity contribution in [2.24, 2.45) is 5.73 Å². The normalized spacial score (nSPS) is 14.1. The molecule has 2 atom stereocenters. The van der Waals surface area contributed by atoms with Gasteiger partial charge in [-0.3, -0.25) is 0 Å². The molecule has 0 aromatic heterocycles. The predicted octanol–water partition coefficient (Wildman–Crippen LogP) is 2.74. The first-order valence-electron chi connectivity index (χ1n) is 6.32. The zero-order chi connectivity index (χ0) is 13.8. The molecule has 2 aromatic rings. The van der Waals surface area contributed by atoms with Gasteiger partial charge in [-0.15, -0.1) is 0 Å². The lowest BCUT2D eigenvalue weighted by Gasteiger charge is -2.21. The molecule has 19 heavy (non-hydrogen) atoms. The van der Waals surface area contributed by atoms with E-state index in [4.69, 9.17) is 5.73 Å². The number of aliphatic hydroxyl groups excluding tert-OH is 1. The van der Waals surface area contributed by atoms with Gasteiger partial charge < -0.3 is 10.8 Å². The molecule has 2 nitrogen and oxygen atoms in total. The molecule has 0 radical (unpaired) electrons. The Labute approximate surface area is 112 Å². The minimum atomic E-state index is -0.733. The Bertz CT molecular complexity index is 542. The quantitative estimate of drug-likeness (QED) is 0.887. The van der Waals surface area contributed by atoms with Crippen LogP contribution in [0.15, 0.2) is 48.5 Å². The summed E-state index contributed by atoms with van der Waals surface area (Å²) in [5, 5.41) is 10.2. The van der Waals surface area contributed by atoms with Crippen molar-refractivity contribution < 1.29 is 9.50 Å². The highest BCUT2D eigenvalue weighted by Crippen LogP contribution is 2.22. The molecule has 0 unspecified atom stereocenters. The Hall–Kier alpha value is -1.71. The predicted molar refractivity (Wildman–Crippen MR) is 74.2 cm³/mol. The van der Waals surface area contributed by atoms with Crippen molar-refractivity contribution in [2.45, 2.75) is 25.5 Å². The van der Waals surface area contributed by atoms with Crippen molar-refractivity contribution in [3.05, 3.63) is 71.0 Å². The highest BCUT2D eigenvalue weighted by atomic mass is 19.1. The van der Waals surface area contributed by atoms with Crippen LogP contribution in [-0.4, -0.2) is 11.2 Å². The van der Waals surface area contributed by atoms with E-state index in [2.05, 4.69) is 0 Å². The maximum absolute atomic E-state index is 13.5. The Kier molecular flexibility index (Phi) is 4.30. The second-order valence-electron chi connectivity index (χ2n) is 4.74. The van der Waals surface area contributed by atoms with Gasteiger partial charge in [0.15, 0.2) is 0 Å². The van der Waals surface area contributed by atoms with Crippen LogP contribution in [0.2, 0.25) is 0 Å². The van der Waals surface area contributed by atoms with Gasteiger partial charge in [0, 0.05) is 6.42 Å². The van der Waals surface area contributed by atoms with E-state index in [1.165, 1.54) is 6.07 Å². The first-order chi connectivity index (χ1) is 9.09. The summed E-state index contributed by atoms with van der Waals surface area (Å²) in [5.41, 5.74) is 8.21. The van der Waals surface area contributed by atoms with Crippen LogP contribution in [0, 0.1) is 12.7 Å². The van der Waals surface area contributed by atoms with Crippen LogP contribution in [0.4, 0.5) is 4.39 Å². The van der Waals surface area contributed by atoms with Crippen LogP contribution in [0.3, 0.4) is 0 Å². The second kappa shape index (κ2) is 5.95. The summed E-state index contributed by atoms with van der Waals surface area (Å²) in [7, 11) is 0. The molecule has 0 bridgehead atoms. The van der Waals surface area contributed by atoms with E-state index in [0.29, 0.717) is 17.5 Å². The standard InChI is InChI=1S/C16H18FNO/c1-11-13(8-5-9-14(11)17)16(18)15(19)10-12-6-3-2-4-7-12/h2-9,15-16,19H,10,18H2,1H3/t15-,16+/m0/s1. The van der Waals surface area contributed by atoms with Gasteiger partial charge in [-0.2, -0.15) is 0 Å². The Morgan fingerprint density at radius 3 is 2.47 bits per heavy atom. The van der Waals surface area contributed by atoms with E-state index in [0.717, 1.165) is 5.56 Å². The summed E-state index contributed by atoms with van der Waals surface area (Å²) in [4.78, 5) is 0. The van der Waals surface area contributed by atoms with Gasteiger partial charge in [-0.05, 0) is 29.7 Å². The molecule has 0 aliphatic rings. The average molecular weight is 259 g/mol. The molecule has 0 saturated carbocycles. The van der Waals surface area contributed by atoms with Gasteiger partial charge in [0.05, 0.1) is 12.1 Å². The van der Waals surface area contributed by atoms with Gasteiger partial charge >= 0.3 is 0 Å². The first-order valence-corrected chi connectivity index (χ1v) is 6.32. The summed E-state index contributed by atoms with van der Waals surface area (Å²) >= 11 is 0. The number of benzene rings is 2. The summed E-state index contributed by atoms with van der Waals surface area (Å²) in [6, 6.07) is 13.8. The van der Waals surface area contributed by atoms with Crippen LogP contribution in [-0.2, 0) is 6.42 Å². The van der Waals surface area contributed by atoms with Crippen LogP contribution in [0.25, 0.3) is 0 Å². The molecule has 100 valence electrons. The maximum atomic E-state index is 13.5. The summed E-state index contributed by atoms with van der Waals surface area (Å²) in [6.45, 7) is 1.68. The Morgan fingerprint density at radius 1 is 1.11 bits per heavy atom. The van der Waals surface area contributed by atoms with Gasteiger partial charge in [-0.1, -0.05) is 42.5 Å². The van der Waals surface area contributed by atoms with E-state index in [9.17, 15) is 9.50 Å². The summed E-state index contributed by atoms with van der Waals surface area (Å²) in [5.74, 6) is -0.292. The molecule has 3 heteroatoms. The third-order valence-electron chi connectivity index (χ3n) is 3.37. The number of rotatable bonds is 4. The SMILES string of the molecule is Cc1c(F)cccc1[C@@H](N)[C@@H](O)Cc1ccccc1. The molecule has 3 N–H and O–H groups in total. The van der Waals surface area contributed by atoms with Crippen molar-refractivity contribution in [2.75, 3.05) is 0 Å². The molecule has 0 spiro atoms. The van der Waals surface area contributed by atoms with E-state index in [1.807, 2.05) is 30.3 Å². The van der Waals surface area contributed by atoms with Crippen molar-refractivity contribution in [3.63, 3.8) is 0 Å². The van der Waals surface area contributed by atoms with E-state index in [-0.39, 0.29) is 5.82 Å². The van der Waals surface area contributed by atoms with Gasteiger partial charge in [0.25, 0.3) is 0 Å². The largest absolute Gasteiger partial charge is 0.391 e. The Morgan fingerprint density at radius 2 is 1.79 bits per heavy atom. The smallest absolute Gasteiger partial charge is 0.126 e. The van der Waals surface area contributed by atoms with Crippen LogP contribution >= 0.6 is 0 Å². The lowest BCUT2D eigenvalue weighted by Crippen LogP contribution is -2.29. The van der Waals surface area contributed by atoms with Crippen molar-refractivity contribution in [1.82, 2.24) is 0 Å². The molecule has 0 amide bonds. The molecule has 0 saturated heterocycles.